The van der Waals surface area contributed by atoms with Crippen LogP contribution < -0.4 is 0 Å². The third-order valence-corrected chi connectivity index (χ3v) is 3.38. The van der Waals surface area contributed by atoms with E-state index in [0.717, 1.165) is 0 Å². The second-order valence-electron chi connectivity index (χ2n) is 3.85. The lowest BCUT2D eigenvalue weighted by molar-refractivity contribution is -0.154. The number of esters is 1. The molecule has 0 aliphatic carbocycles. The van der Waals surface area contributed by atoms with Gasteiger partial charge in [-0.25, -0.2) is 14.4 Å². The molecule has 0 spiro atoms. The lowest BCUT2D eigenvalue weighted by atomic mass is 10.0. The molecule has 0 aromatic rings. The molecule has 18 heavy (non-hydrogen) atoms. The summed E-state index contributed by atoms with van der Waals surface area (Å²) in [6.45, 7) is 5.31. The molecule has 7 heteroatoms. The van der Waals surface area contributed by atoms with Crippen LogP contribution in [0.5, 0.6) is 0 Å². The van der Waals surface area contributed by atoms with Gasteiger partial charge in [-0.1, -0.05) is 13.8 Å². The van der Waals surface area contributed by atoms with Gasteiger partial charge >= 0.3 is 17.9 Å². The molecule has 0 bridgehead atoms. The highest BCUT2D eigenvalue weighted by Gasteiger charge is 2.30. The van der Waals surface area contributed by atoms with Crippen LogP contribution in [0.25, 0.3) is 0 Å². The number of halogens is 1. The van der Waals surface area contributed by atoms with Crippen LogP contribution in [0.15, 0.2) is 10.1 Å². The Hall–Kier alpha value is -1.37. The molecule has 6 nitrogen and oxygen atoms in total. The first-order valence-electron chi connectivity index (χ1n) is 5.28. The Morgan fingerprint density at radius 1 is 1.11 bits per heavy atom. The molecule has 0 saturated heterocycles. The lowest BCUT2D eigenvalue weighted by Gasteiger charge is -2.26. The van der Waals surface area contributed by atoms with Crippen LogP contribution in [-0.4, -0.2) is 33.7 Å². The molecular weight excluding hydrogens is 308 g/mol. The van der Waals surface area contributed by atoms with Crippen molar-refractivity contribution in [2.24, 2.45) is 0 Å². The molecular formula is C11H15BrO6. The van der Waals surface area contributed by atoms with Crippen molar-refractivity contribution in [3.8, 4) is 0 Å². The van der Waals surface area contributed by atoms with Crippen molar-refractivity contribution < 1.29 is 29.3 Å². The summed E-state index contributed by atoms with van der Waals surface area (Å²) in [5.41, 5.74) is -1.80. The number of rotatable bonds is 6. The van der Waals surface area contributed by atoms with Crippen LogP contribution in [-0.2, 0) is 19.1 Å². The number of carboxylic acid groups (broad SMARTS) is 2. The quantitative estimate of drug-likeness (QED) is 0.335. The highest BCUT2D eigenvalue weighted by Crippen LogP contribution is 2.24. The standard InChI is InChI=1S/C11H15BrO6/c1-4-11(3,5-2)18-10(17)7(12)6(8(13)14)9(15)16/h4-5H2,1-3H3,(H,13,14)(H,15,16). The molecule has 2 N–H and O–H groups in total. The summed E-state index contributed by atoms with van der Waals surface area (Å²) >= 11 is 2.67. The first-order chi connectivity index (χ1) is 8.18. The molecule has 0 unspecified atom stereocenters. The van der Waals surface area contributed by atoms with Crippen LogP contribution in [0.4, 0.5) is 0 Å². The van der Waals surface area contributed by atoms with Gasteiger partial charge in [0.2, 0.25) is 0 Å². The topological polar surface area (TPSA) is 101 Å². The number of ether oxygens (including phenoxy) is 1. The van der Waals surface area contributed by atoms with Crippen LogP contribution in [0, 0.1) is 0 Å². The van der Waals surface area contributed by atoms with E-state index in [1.165, 1.54) is 0 Å². The number of carboxylic acids is 2. The van der Waals surface area contributed by atoms with Crippen molar-refractivity contribution >= 4 is 33.8 Å². The molecule has 0 aliphatic rings. The number of hydrogen-bond acceptors (Lipinski definition) is 4. The van der Waals surface area contributed by atoms with Crippen molar-refractivity contribution in [3.05, 3.63) is 10.1 Å². The Morgan fingerprint density at radius 2 is 1.50 bits per heavy atom. The van der Waals surface area contributed by atoms with Crippen molar-refractivity contribution in [3.63, 3.8) is 0 Å². The molecule has 0 radical (unpaired) electrons. The number of carbonyl (C=O) groups excluding carboxylic acids is 1. The van der Waals surface area contributed by atoms with E-state index >= 15 is 0 Å². The first-order valence-corrected chi connectivity index (χ1v) is 6.07. The monoisotopic (exact) mass is 322 g/mol. The SMILES string of the molecule is CCC(C)(CC)OC(=O)C(Br)=C(C(=O)O)C(=O)O. The fourth-order valence-electron chi connectivity index (χ4n) is 1.04. The zero-order valence-electron chi connectivity index (χ0n) is 10.3. The predicted octanol–water partition coefficient (Wildman–Crippen LogP) is 1.93. The summed E-state index contributed by atoms with van der Waals surface area (Å²) in [5, 5.41) is 17.4. The van der Waals surface area contributed by atoms with E-state index < -0.39 is 33.6 Å². The molecule has 0 aliphatic heterocycles. The molecule has 0 amide bonds. The van der Waals surface area contributed by atoms with E-state index in [1.807, 2.05) is 13.8 Å². The maximum Gasteiger partial charge on any atom is 0.346 e. The fraction of sp³-hybridized carbons (Fsp3) is 0.545. The minimum absolute atomic E-state index is 0.533. The molecule has 0 aromatic heterocycles. The molecule has 102 valence electrons. The van der Waals surface area contributed by atoms with Gasteiger partial charge in [0.05, 0.1) is 0 Å². The molecule has 0 fully saturated rings. The highest BCUT2D eigenvalue weighted by molar-refractivity contribution is 9.12. The van der Waals surface area contributed by atoms with Gasteiger partial charge in [-0.15, -0.1) is 0 Å². The van der Waals surface area contributed by atoms with Gasteiger partial charge in [0, 0.05) is 0 Å². The van der Waals surface area contributed by atoms with Crippen LogP contribution in [0.3, 0.4) is 0 Å². The summed E-state index contributed by atoms with van der Waals surface area (Å²) in [6, 6.07) is 0. The van der Waals surface area contributed by atoms with Crippen molar-refractivity contribution in [2.45, 2.75) is 39.2 Å². The number of hydrogen-bond donors (Lipinski definition) is 2. The summed E-state index contributed by atoms with van der Waals surface area (Å²) < 4.78 is 4.51. The molecule has 0 saturated carbocycles. The first kappa shape index (κ1) is 16.6. The van der Waals surface area contributed by atoms with Gasteiger partial charge in [-0.05, 0) is 35.7 Å². The molecule has 0 heterocycles. The summed E-state index contributed by atoms with van der Waals surface area (Å²) in [6.07, 6.45) is 1.07. The average Bonchev–Trinajstić information content (AvgIpc) is 2.27. The van der Waals surface area contributed by atoms with Gasteiger partial charge in [-0.2, -0.15) is 0 Å². The summed E-state index contributed by atoms with van der Waals surface area (Å²) in [4.78, 5) is 33.1. The van der Waals surface area contributed by atoms with Crippen molar-refractivity contribution in [1.82, 2.24) is 0 Å². The Labute approximate surface area is 113 Å². The van der Waals surface area contributed by atoms with Gasteiger partial charge in [-0.3, -0.25) is 0 Å². The van der Waals surface area contributed by atoms with Gasteiger partial charge < -0.3 is 14.9 Å². The zero-order chi connectivity index (χ0) is 14.5. The molecule has 0 aromatic carbocycles. The smallest absolute Gasteiger partial charge is 0.346 e. The third kappa shape index (κ3) is 4.14. The number of aliphatic carboxylic acids is 2. The van der Waals surface area contributed by atoms with Crippen LogP contribution in [0.1, 0.15) is 33.6 Å². The van der Waals surface area contributed by atoms with Crippen molar-refractivity contribution in [2.75, 3.05) is 0 Å². The normalized spacial score (nSPS) is 10.7. The Morgan fingerprint density at radius 3 is 1.78 bits per heavy atom. The van der Waals surface area contributed by atoms with Gasteiger partial charge in [0.1, 0.15) is 10.1 Å². The van der Waals surface area contributed by atoms with Crippen LogP contribution >= 0.6 is 15.9 Å². The minimum Gasteiger partial charge on any atom is -0.477 e. The predicted molar refractivity (Wildman–Crippen MR) is 66.3 cm³/mol. The van der Waals surface area contributed by atoms with E-state index in [2.05, 4.69) is 15.9 Å². The van der Waals surface area contributed by atoms with E-state index in [1.54, 1.807) is 6.92 Å². The Bertz CT molecular complexity index is 378. The summed E-state index contributed by atoms with van der Waals surface area (Å²) in [7, 11) is 0. The van der Waals surface area contributed by atoms with Crippen LogP contribution in [0.2, 0.25) is 0 Å². The Kier molecular flexibility index (Phi) is 6.04. The van der Waals surface area contributed by atoms with E-state index in [4.69, 9.17) is 14.9 Å². The van der Waals surface area contributed by atoms with E-state index in [-0.39, 0.29) is 0 Å². The van der Waals surface area contributed by atoms with Gasteiger partial charge in [0.25, 0.3) is 0 Å². The second-order valence-corrected chi connectivity index (χ2v) is 4.64. The third-order valence-electron chi connectivity index (χ3n) is 2.66. The Balaban J connectivity index is 5.27. The summed E-state index contributed by atoms with van der Waals surface area (Å²) in [5.74, 6) is -4.41. The average molecular weight is 323 g/mol. The minimum atomic E-state index is -1.71. The molecule has 0 rings (SSSR count). The fourth-order valence-corrected chi connectivity index (χ4v) is 1.46. The highest BCUT2D eigenvalue weighted by atomic mass is 79.9. The number of carbonyl (C=O) groups is 3. The van der Waals surface area contributed by atoms with E-state index in [0.29, 0.717) is 12.8 Å². The van der Waals surface area contributed by atoms with E-state index in [9.17, 15) is 14.4 Å². The molecule has 0 atom stereocenters. The van der Waals surface area contributed by atoms with Gasteiger partial charge in [0.15, 0.2) is 5.57 Å². The zero-order valence-corrected chi connectivity index (χ0v) is 11.9. The largest absolute Gasteiger partial charge is 0.477 e. The second kappa shape index (κ2) is 6.53. The maximum atomic E-state index is 11.7. The maximum absolute atomic E-state index is 11.7. The lowest BCUT2D eigenvalue weighted by Crippen LogP contribution is -2.31. The van der Waals surface area contributed by atoms with Crippen molar-refractivity contribution in [1.29, 1.82) is 0 Å².